The number of hydrogen-bond donors (Lipinski definition) is 2. The van der Waals surface area contributed by atoms with E-state index in [2.05, 4.69) is 5.32 Å². The third-order valence-corrected chi connectivity index (χ3v) is 3.87. The van der Waals surface area contributed by atoms with Crippen LogP contribution in [0.15, 0.2) is 24.3 Å². The second-order valence-corrected chi connectivity index (χ2v) is 5.52. The van der Waals surface area contributed by atoms with E-state index in [9.17, 15) is 14.3 Å². The zero-order chi connectivity index (χ0) is 16.7. The lowest BCUT2D eigenvalue weighted by Gasteiger charge is -2.21. The van der Waals surface area contributed by atoms with Gasteiger partial charge in [-0.1, -0.05) is 6.07 Å². The summed E-state index contributed by atoms with van der Waals surface area (Å²) >= 11 is 0. The first-order chi connectivity index (χ1) is 11.1. The van der Waals surface area contributed by atoms with Crippen molar-refractivity contribution in [1.82, 2.24) is 10.2 Å². The molecule has 0 aliphatic carbocycles. The van der Waals surface area contributed by atoms with Gasteiger partial charge >= 0.3 is 0 Å². The van der Waals surface area contributed by atoms with Gasteiger partial charge in [-0.15, -0.1) is 0 Å². The molecule has 6 nitrogen and oxygen atoms in total. The van der Waals surface area contributed by atoms with Crippen LogP contribution in [0.1, 0.15) is 6.42 Å². The maximum Gasteiger partial charge on any atom is 0.234 e. The summed E-state index contributed by atoms with van der Waals surface area (Å²) in [5, 5.41) is 12.1. The lowest BCUT2D eigenvalue weighted by atomic mass is 10.2. The Morgan fingerprint density at radius 1 is 1.52 bits per heavy atom. The fraction of sp³-hybridized carbons (Fsp3) is 0.562. The lowest BCUT2D eigenvalue weighted by molar-refractivity contribution is -0.122. The van der Waals surface area contributed by atoms with Crippen LogP contribution in [0.3, 0.4) is 0 Å². The summed E-state index contributed by atoms with van der Waals surface area (Å²) in [6.45, 7) is 1.45. The minimum Gasteiger partial charge on any atom is -0.492 e. The molecule has 1 aliphatic heterocycles. The molecular weight excluding hydrogens is 303 g/mol. The zero-order valence-corrected chi connectivity index (χ0v) is 13.2. The molecule has 128 valence electrons. The van der Waals surface area contributed by atoms with E-state index in [1.54, 1.807) is 19.2 Å². The van der Waals surface area contributed by atoms with Gasteiger partial charge in [-0.05, 0) is 18.6 Å². The van der Waals surface area contributed by atoms with Crippen molar-refractivity contribution in [3.63, 3.8) is 0 Å². The number of carbonyl (C=O) groups is 1. The molecule has 2 rings (SSSR count). The van der Waals surface area contributed by atoms with Crippen LogP contribution < -0.4 is 10.1 Å². The molecule has 2 atom stereocenters. The fourth-order valence-corrected chi connectivity index (χ4v) is 2.65. The van der Waals surface area contributed by atoms with Crippen molar-refractivity contribution in [1.29, 1.82) is 0 Å². The lowest BCUT2D eigenvalue weighted by Crippen LogP contribution is -2.42. The van der Waals surface area contributed by atoms with Gasteiger partial charge in [0.1, 0.15) is 18.2 Å². The fourth-order valence-electron chi connectivity index (χ4n) is 2.65. The van der Waals surface area contributed by atoms with Crippen molar-refractivity contribution < 1.29 is 23.8 Å². The summed E-state index contributed by atoms with van der Waals surface area (Å²) in [5.74, 6) is -0.0616. The highest BCUT2D eigenvalue weighted by molar-refractivity contribution is 5.78. The number of nitrogens with one attached hydrogen (secondary N) is 1. The molecule has 0 unspecified atom stereocenters. The standard InChI is InChI=1S/C16H23FN2O4/c1-22-15-8-13(11-20)19(9-15)10-16(21)18-5-6-23-14-4-2-3-12(17)7-14/h2-4,7,13,15,20H,5-6,8-11H2,1H3,(H,18,21)/t13-,15+/m0/s1. The van der Waals surface area contributed by atoms with Gasteiger partial charge in [0, 0.05) is 25.8 Å². The molecule has 2 N–H and O–H groups in total. The Labute approximate surface area is 135 Å². The number of aliphatic hydroxyl groups is 1. The van der Waals surface area contributed by atoms with Crippen LogP contribution in [-0.2, 0) is 9.53 Å². The summed E-state index contributed by atoms with van der Waals surface area (Å²) in [5.41, 5.74) is 0. The number of carbonyl (C=O) groups excluding carboxylic acids is 1. The van der Waals surface area contributed by atoms with Crippen LogP contribution in [-0.4, -0.2) is 68.0 Å². The van der Waals surface area contributed by atoms with Gasteiger partial charge in [0.05, 0.1) is 25.8 Å². The van der Waals surface area contributed by atoms with E-state index >= 15 is 0 Å². The number of amides is 1. The maximum atomic E-state index is 13.0. The zero-order valence-electron chi connectivity index (χ0n) is 13.2. The van der Waals surface area contributed by atoms with E-state index in [0.29, 0.717) is 18.8 Å². The van der Waals surface area contributed by atoms with E-state index < -0.39 is 0 Å². The predicted octanol–water partition coefficient (Wildman–Crippen LogP) is 0.402. The summed E-state index contributed by atoms with van der Waals surface area (Å²) in [7, 11) is 1.63. The first kappa shape index (κ1) is 17.7. The molecule has 23 heavy (non-hydrogen) atoms. The highest BCUT2D eigenvalue weighted by atomic mass is 19.1. The van der Waals surface area contributed by atoms with Gasteiger partial charge in [0.15, 0.2) is 0 Å². The molecule has 1 aliphatic rings. The number of benzene rings is 1. The van der Waals surface area contributed by atoms with Crippen molar-refractivity contribution in [2.75, 3.05) is 40.0 Å². The topological polar surface area (TPSA) is 71.0 Å². The van der Waals surface area contributed by atoms with E-state index in [1.807, 2.05) is 4.90 Å². The van der Waals surface area contributed by atoms with Crippen LogP contribution >= 0.6 is 0 Å². The molecule has 1 heterocycles. The first-order valence-electron chi connectivity index (χ1n) is 7.65. The highest BCUT2D eigenvalue weighted by Crippen LogP contribution is 2.19. The Balaban J connectivity index is 1.67. The summed E-state index contributed by atoms with van der Waals surface area (Å²) in [6, 6.07) is 5.82. The third kappa shape index (κ3) is 5.46. The van der Waals surface area contributed by atoms with Gasteiger partial charge < -0.3 is 19.9 Å². The van der Waals surface area contributed by atoms with Crippen molar-refractivity contribution >= 4 is 5.91 Å². The average Bonchev–Trinajstić information content (AvgIpc) is 2.93. The molecule has 1 aromatic rings. The number of hydrogen-bond acceptors (Lipinski definition) is 5. The molecule has 0 bridgehead atoms. The van der Waals surface area contributed by atoms with Crippen LogP contribution in [0.5, 0.6) is 5.75 Å². The molecule has 1 amide bonds. The van der Waals surface area contributed by atoms with Crippen LogP contribution in [0, 0.1) is 5.82 Å². The Hall–Kier alpha value is -1.70. The quantitative estimate of drug-likeness (QED) is 0.677. The molecule has 7 heteroatoms. The van der Waals surface area contributed by atoms with Gasteiger partial charge in [-0.3, -0.25) is 9.69 Å². The van der Waals surface area contributed by atoms with Gasteiger partial charge in [0.2, 0.25) is 5.91 Å². The summed E-state index contributed by atoms with van der Waals surface area (Å²) < 4.78 is 23.6. The van der Waals surface area contributed by atoms with Crippen molar-refractivity contribution in [2.45, 2.75) is 18.6 Å². The Bertz CT molecular complexity index is 515. The monoisotopic (exact) mass is 326 g/mol. The number of rotatable bonds is 8. The van der Waals surface area contributed by atoms with E-state index in [0.717, 1.165) is 6.42 Å². The molecule has 1 fully saturated rings. The molecule has 0 aromatic heterocycles. The molecular formula is C16H23FN2O4. The number of aliphatic hydroxyl groups excluding tert-OH is 1. The normalized spacial score (nSPS) is 21.3. The van der Waals surface area contributed by atoms with Gasteiger partial charge in [-0.25, -0.2) is 4.39 Å². The molecule has 0 radical (unpaired) electrons. The van der Waals surface area contributed by atoms with Crippen LogP contribution in [0.2, 0.25) is 0 Å². The number of likely N-dealkylation sites (tertiary alicyclic amines) is 1. The Morgan fingerprint density at radius 3 is 3.04 bits per heavy atom. The molecule has 1 aromatic carbocycles. The van der Waals surface area contributed by atoms with E-state index in [-0.39, 0.29) is 43.6 Å². The third-order valence-electron chi connectivity index (χ3n) is 3.87. The minimum absolute atomic E-state index is 0.00974. The maximum absolute atomic E-state index is 13.0. The molecule has 0 spiro atoms. The summed E-state index contributed by atoms with van der Waals surface area (Å²) in [4.78, 5) is 13.8. The smallest absolute Gasteiger partial charge is 0.234 e. The second-order valence-electron chi connectivity index (χ2n) is 5.52. The highest BCUT2D eigenvalue weighted by Gasteiger charge is 2.32. The summed E-state index contributed by atoms with van der Waals surface area (Å²) in [6.07, 6.45) is 0.777. The van der Waals surface area contributed by atoms with Crippen molar-refractivity contribution in [2.24, 2.45) is 0 Å². The Kier molecular flexibility index (Phi) is 6.76. The van der Waals surface area contributed by atoms with Gasteiger partial charge in [-0.2, -0.15) is 0 Å². The van der Waals surface area contributed by atoms with Crippen molar-refractivity contribution in [3.05, 3.63) is 30.1 Å². The average molecular weight is 326 g/mol. The molecule has 1 saturated heterocycles. The first-order valence-corrected chi connectivity index (χ1v) is 7.65. The SMILES string of the molecule is CO[C@@H]1C[C@@H](CO)N(CC(=O)NCCOc2cccc(F)c2)C1. The van der Waals surface area contributed by atoms with Crippen LogP contribution in [0.25, 0.3) is 0 Å². The minimum atomic E-state index is -0.358. The molecule has 0 saturated carbocycles. The number of halogens is 1. The predicted molar refractivity (Wildman–Crippen MR) is 82.8 cm³/mol. The van der Waals surface area contributed by atoms with Crippen molar-refractivity contribution in [3.8, 4) is 5.75 Å². The Morgan fingerprint density at radius 2 is 2.35 bits per heavy atom. The number of ether oxygens (including phenoxy) is 2. The van der Waals surface area contributed by atoms with Gasteiger partial charge in [0.25, 0.3) is 0 Å². The van der Waals surface area contributed by atoms with E-state index in [1.165, 1.54) is 12.1 Å². The number of methoxy groups -OCH3 is 1. The largest absolute Gasteiger partial charge is 0.492 e. The van der Waals surface area contributed by atoms with Crippen LogP contribution in [0.4, 0.5) is 4.39 Å². The second kappa shape index (κ2) is 8.81. The van der Waals surface area contributed by atoms with E-state index in [4.69, 9.17) is 9.47 Å². The number of nitrogens with zero attached hydrogens (tertiary/aromatic N) is 1.